The molecule has 0 bridgehead atoms. The fourth-order valence-corrected chi connectivity index (χ4v) is 2.04. The van der Waals surface area contributed by atoms with Crippen molar-refractivity contribution in [3.05, 3.63) is 42.5 Å². The van der Waals surface area contributed by atoms with E-state index in [1.165, 1.54) is 0 Å². The van der Waals surface area contributed by atoms with Gasteiger partial charge in [-0.1, -0.05) is 24.3 Å². The number of carbonyl (C=O) groups is 1. The fourth-order valence-electron chi connectivity index (χ4n) is 2.04. The molecular weight excluding hydrogens is 238 g/mol. The van der Waals surface area contributed by atoms with Crippen LogP contribution in [0.3, 0.4) is 0 Å². The van der Waals surface area contributed by atoms with Crippen LogP contribution in [0.4, 0.5) is 5.69 Å². The van der Waals surface area contributed by atoms with Gasteiger partial charge in [0.05, 0.1) is 0 Å². The van der Waals surface area contributed by atoms with Crippen molar-refractivity contribution >= 4 is 11.6 Å². The van der Waals surface area contributed by atoms with Crippen molar-refractivity contribution in [2.75, 3.05) is 45.1 Å². The van der Waals surface area contributed by atoms with Crippen LogP contribution in [0, 0.1) is 0 Å². The molecule has 0 spiro atoms. The van der Waals surface area contributed by atoms with E-state index in [4.69, 9.17) is 0 Å². The summed E-state index contributed by atoms with van der Waals surface area (Å²) >= 11 is 0. The Morgan fingerprint density at radius 2 is 1.89 bits per heavy atom. The lowest BCUT2D eigenvalue weighted by Gasteiger charge is -2.31. The molecular formula is C15H21N3O. The highest BCUT2D eigenvalue weighted by Crippen LogP contribution is 2.04. The number of piperazine rings is 1. The van der Waals surface area contributed by atoms with Crippen molar-refractivity contribution in [2.24, 2.45) is 0 Å². The zero-order chi connectivity index (χ0) is 13.5. The average Bonchev–Trinajstić information content (AvgIpc) is 2.42. The van der Waals surface area contributed by atoms with Crippen molar-refractivity contribution in [3.63, 3.8) is 0 Å². The zero-order valence-corrected chi connectivity index (χ0v) is 11.4. The largest absolute Gasteiger partial charge is 0.323 e. The lowest BCUT2D eigenvalue weighted by Crippen LogP contribution is -2.44. The number of benzene rings is 1. The van der Waals surface area contributed by atoms with Gasteiger partial charge in [0, 0.05) is 44.5 Å². The number of para-hydroxylation sites is 1. The standard InChI is InChI=1S/C15H21N3O/c1-17-10-12-18(13-11-17)9-5-8-15(19)16-14-6-3-2-4-7-14/h2-8H,9-13H2,1H3,(H,16,19)/b8-5+. The number of rotatable bonds is 4. The molecule has 0 saturated carbocycles. The highest BCUT2D eigenvalue weighted by atomic mass is 16.1. The number of anilines is 1. The molecule has 4 heteroatoms. The second kappa shape index (κ2) is 7.07. The zero-order valence-electron chi connectivity index (χ0n) is 11.4. The Balaban J connectivity index is 1.72. The number of hydrogen-bond donors (Lipinski definition) is 1. The first kappa shape index (κ1) is 13.8. The van der Waals surface area contributed by atoms with E-state index in [-0.39, 0.29) is 5.91 Å². The number of carbonyl (C=O) groups excluding carboxylic acids is 1. The van der Waals surface area contributed by atoms with Gasteiger partial charge in [0.2, 0.25) is 5.91 Å². The Kier molecular flexibility index (Phi) is 5.12. The molecule has 0 aliphatic carbocycles. The smallest absolute Gasteiger partial charge is 0.248 e. The third-order valence-corrected chi connectivity index (χ3v) is 3.27. The third kappa shape index (κ3) is 4.85. The van der Waals surface area contributed by atoms with Crippen molar-refractivity contribution in [3.8, 4) is 0 Å². The summed E-state index contributed by atoms with van der Waals surface area (Å²) in [4.78, 5) is 16.4. The second-order valence-electron chi connectivity index (χ2n) is 4.86. The molecule has 1 amide bonds. The number of hydrogen-bond acceptors (Lipinski definition) is 3. The van der Waals surface area contributed by atoms with Gasteiger partial charge in [-0.25, -0.2) is 0 Å². The summed E-state index contributed by atoms with van der Waals surface area (Å²) < 4.78 is 0. The maximum atomic E-state index is 11.7. The van der Waals surface area contributed by atoms with Crippen LogP contribution in [0.1, 0.15) is 0 Å². The van der Waals surface area contributed by atoms with E-state index >= 15 is 0 Å². The molecule has 1 saturated heterocycles. The number of amides is 1. The summed E-state index contributed by atoms with van der Waals surface area (Å²) in [6.45, 7) is 5.19. The van der Waals surface area contributed by atoms with Crippen LogP contribution in [0.25, 0.3) is 0 Å². The molecule has 0 aromatic heterocycles. The van der Waals surface area contributed by atoms with E-state index in [1.54, 1.807) is 6.08 Å². The molecule has 1 aliphatic heterocycles. The molecule has 0 unspecified atom stereocenters. The summed E-state index contributed by atoms with van der Waals surface area (Å²) in [6.07, 6.45) is 3.55. The van der Waals surface area contributed by atoms with Gasteiger partial charge in [0.1, 0.15) is 0 Å². The summed E-state index contributed by atoms with van der Waals surface area (Å²) in [5.74, 6) is -0.0691. The van der Waals surface area contributed by atoms with E-state index in [2.05, 4.69) is 22.2 Å². The Hall–Kier alpha value is -1.65. The van der Waals surface area contributed by atoms with Crippen LogP contribution >= 0.6 is 0 Å². The SMILES string of the molecule is CN1CCN(C/C=C/C(=O)Nc2ccccc2)CC1. The topological polar surface area (TPSA) is 35.6 Å². The molecule has 0 atom stereocenters. The minimum atomic E-state index is -0.0691. The highest BCUT2D eigenvalue weighted by molar-refractivity contribution is 5.99. The van der Waals surface area contributed by atoms with Crippen molar-refractivity contribution < 1.29 is 4.79 Å². The first-order valence-electron chi connectivity index (χ1n) is 6.67. The van der Waals surface area contributed by atoms with Crippen molar-refractivity contribution in [1.82, 2.24) is 9.80 Å². The lowest BCUT2D eigenvalue weighted by molar-refractivity contribution is -0.111. The normalized spacial score (nSPS) is 17.7. The molecule has 1 N–H and O–H groups in total. The minimum Gasteiger partial charge on any atom is -0.323 e. The first-order chi connectivity index (χ1) is 9.24. The molecule has 1 heterocycles. The van der Waals surface area contributed by atoms with Gasteiger partial charge < -0.3 is 10.2 Å². The Morgan fingerprint density at radius 1 is 1.21 bits per heavy atom. The average molecular weight is 259 g/mol. The molecule has 102 valence electrons. The molecule has 0 radical (unpaired) electrons. The van der Waals surface area contributed by atoms with Gasteiger partial charge in [-0.2, -0.15) is 0 Å². The minimum absolute atomic E-state index is 0.0691. The predicted molar refractivity (Wildman–Crippen MR) is 78.1 cm³/mol. The number of nitrogens with zero attached hydrogens (tertiary/aromatic N) is 2. The van der Waals surface area contributed by atoms with Gasteiger partial charge in [0.25, 0.3) is 0 Å². The third-order valence-electron chi connectivity index (χ3n) is 3.27. The van der Waals surface area contributed by atoms with Crippen LogP contribution in [0.15, 0.2) is 42.5 Å². The van der Waals surface area contributed by atoms with Crippen LogP contribution < -0.4 is 5.32 Å². The Morgan fingerprint density at radius 3 is 2.58 bits per heavy atom. The maximum absolute atomic E-state index is 11.7. The quantitative estimate of drug-likeness (QED) is 0.831. The molecule has 4 nitrogen and oxygen atoms in total. The summed E-state index contributed by atoms with van der Waals surface area (Å²) in [7, 11) is 2.14. The Bertz CT molecular complexity index is 422. The molecule has 19 heavy (non-hydrogen) atoms. The highest BCUT2D eigenvalue weighted by Gasteiger charge is 2.11. The van der Waals surface area contributed by atoms with Gasteiger partial charge >= 0.3 is 0 Å². The molecule has 2 rings (SSSR count). The summed E-state index contributed by atoms with van der Waals surface area (Å²) in [6, 6.07) is 9.50. The van der Waals surface area contributed by atoms with E-state index in [0.717, 1.165) is 38.4 Å². The van der Waals surface area contributed by atoms with E-state index in [0.29, 0.717) is 0 Å². The monoisotopic (exact) mass is 259 g/mol. The molecule has 1 aromatic carbocycles. The predicted octanol–water partition coefficient (Wildman–Crippen LogP) is 1.43. The van der Waals surface area contributed by atoms with Crippen LogP contribution in [0.5, 0.6) is 0 Å². The first-order valence-corrected chi connectivity index (χ1v) is 6.67. The van der Waals surface area contributed by atoms with Crippen LogP contribution in [-0.4, -0.2) is 55.5 Å². The number of nitrogens with one attached hydrogen (secondary N) is 1. The second-order valence-corrected chi connectivity index (χ2v) is 4.86. The lowest BCUT2D eigenvalue weighted by atomic mass is 10.3. The van der Waals surface area contributed by atoms with Gasteiger partial charge in [0.15, 0.2) is 0 Å². The van der Waals surface area contributed by atoms with E-state index in [1.807, 2.05) is 36.4 Å². The maximum Gasteiger partial charge on any atom is 0.248 e. The summed E-state index contributed by atoms with van der Waals surface area (Å²) in [5.41, 5.74) is 0.830. The molecule has 1 aromatic rings. The molecule has 1 fully saturated rings. The van der Waals surface area contributed by atoms with Gasteiger partial charge in [-0.15, -0.1) is 0 Å². The van der Waals surface area contributed by atoms with Crippen LogP contribution in [-0.2, 0) is 4.79 Å². The van der Waals surface area contributed by atoms with E-state index < -0.39 is 0 Å². The summed E-state index contributed by atoms with van der Waals surface area (Å²) in [5, 5.41) is 2.83. The Labute approximate surface area is 114 Å². The van der Waals surface area contributed by atoms with E-state index in [9.17, 15) is 4.79 Å². The van der Waals surface area contributed by atoms with Crippen molar-refractivity contribution in [1.29, 1.82) is 0 Å². The van der Waals surface area contributed by atoms with Crippen LogP contribution in [0.2, 0.25) is 0 Å². The fraction of sp³-hybridized carbons (Fsp3) is 0.400. The molecule has 1 aliphatic rings. The number of likely N-dealkylation sites (N-methyl/N-ethyl adjacent to an activating group) is 1. The van der Waals surface area contributed by atoms with Gasteiger partial charge in [-0.05, 0) is 19.2 Å². The van der Waals surface area contributed by atoms with Crippen molar-refractivity contribution in [2.45, 2.75) is 0 Å². The van der Waals surface area contributed by atoms with Gasteiger partial charge in [-0.3, -0.25) is 9.69 Å².